The van der Waals surface area contributed by atoms with Crippen LogP contribution in [0.2, 0.25) is 0 Å². The lowest BCUT2D eigenvalue weighted by Crippen LogP contribution is -2.40. The summed E-state index contributed by atoms with van der Waals surface area (Å²) in [6.07, 6.45) is 3.48. The van der Waals surface area contributed by atoms with E-state index in [0.29, 0.717) is 5.52 Å². The van der Waals surface area contributed by atoms with Crippen LogP contribution < -0.4 is 5.69 Å². The van der Waals surface area contributed by atoms with E-state index < -0.39 is 0 Å². The fourth-order valence-electron chi connectivity index (χ4n) is 3.05. The van der Waals surface area contributed by atoms with Crippen molar-refractivity contribution in [2.75, 3.05) is 13.1 Å². The number of nitrogens with one attached hydrogen (secondary N) is 1. The van der Waals surface area contributed by atoms with Crippen molar-refractivity contribution in [2.24, 2.45) is 0 Å². The number of aromatic amines is 1. The molecular formula is C14H19N3O2. The molecule has 2 aromatic rings. The molecule has 1 saturated heterocycles. The third kappa shape index (κ3) is 2.04. The summed E-state index contributed by atoms with van der Waals surface area (Å²) in [6.45, 7) is 4.12. The normalized spacial score (nSPS) is 21.0. The largest absolute Gasteiger partial charge is 0.508 e. The SMILES string of the molecule is CCN1CCCCC1n1c(=O)[nH]c2cc(O)ccc21. The highest BCUT2D eigenvalue weighted by Gasteiger charge is 2.25. The lowest BCUT2D eigenvalue weighted by atomic mass is 10.1. The minimum atomic E-state index is -0.0917. The summed E-state index contributed by atoms with van der Waals surface area (Å²) in [5.41, 5.74) is 1.48. The third-order valence-corrected chi connectivity index (χ3v) is 3.98. The molecule has 1 unspecified atom stereocenters. The zero-order valence-electron chi connectivity index (χ0n) is 11.1. The summed E-state index contributed by atoms with van der Waals surface area (Å²) >= 11 is 0. The molecule has 0 saturated carbocycles. The van der Waals surface area contributed by atoms with Crippen LogP contribution in [0.3, 0.4) is 0 Å². The number of hydrogen-bond acceptors (Lipinski definition) is 3. The number of imidazole rings is 1. The van der Waals surface area contributed by atoms with E-state index in [1.54, 1.807) is 12.1 Å². The maximum atomic E-state index is 12.2. The van der Waals surface area contributed by atoms with E-state index >= 15 is 0 Å². The first-order valence-electron chi connectivity index (χ1n) is 6.88. The number of H-pyrrole nitrogens is 1. The van der Waals surface area contributed by atoms with E-state index in [0.717, 1.165) is 31.4 Å². The molecule has 1 fully saturated rings. The Hall–Kier alpha value is -1.75. The van der Waals surface area contributed by atoms with Crippen LogP contribution >= 0.6 is 0 Å². The Morgan fingerprint density at radius 1 is 1.42 bits per heavy atom. The van der Waals surface area contributed by atoms with Crippen LogP contribution in [0.15, 0.2) is 23.0 Å². The maximum Gasteiger partial charge on any atom is 0.327 e. The van der Waals surface area contributed by atoms with Gasteiger partial charge < -0.3 is 10.1 Å². The monoisotopic (exact) mass is 261 g/mol. The lowest BCUT2D eigenvalue weighted by Gasteiger charge is -2.35. The molecule has 19 heavy (non-hydrogen) atoms. The molecule has 5 nitrogen and oxygen atoms in total. The van der Waals surface area contributed by atoms with Gasteiger partial charge in [-0.1, -0.05) is 6.92 Å². The van der Waals surface area contributed by atoms with Gasteiger partial charge in [0.05, 0.1) is 17.2 Å². The second-order valence-electron chi connectivity index (χ2n) is 5.11. The van der Waals surface area contributed by atoms with Crippen molar-refractivity contribution in [3.63, 3.8) is 0 Å². The maximum absolute atomic E-state index is 12.2. The number of phenols is 1. The molecule has 3 rings (SSSR count). The fraction of sp³-hybridized carbons (Fsp3) is 0.500. The highest BCUT2D eigenvalue weighted by molar-refractivity contribution is 5.77. The van der Waals surface area contributed by atoms with Gasteiger partial charge in [0.2, 0.25) is 0 Å². The van der Waals surface area contributed by atoms with Crippen LogP contribution in [0.1, 0.15) is 32.4 Å². The van der Waals surface area contributed by atoms with E-state index in [1.807, 2.05) is 10.6 Å². The van der Waals surface area contributed by atoms with Gasteiger partial charge in [0.1, 0.15) is 5.75 Å². The second-order valence-corrected chi connectivity index (χ2v) is 5.11. The number of phenolic OH excluding ortho intramolecular Hbond substituents is 1. The Balaban J connectivity index is 2.13. The number of rotatable bonds is 2. The van der Waals surface area contributed by atoms with Gasteiger partial charge in [-0.15, -0.1) is 0 Å². The van der Waals surface area contributed by atoms with Crippen LogP contribution in [0.25, 0.3) is 11.0 Å². The lowest BCUT2D eigenvalue weighted by molar-refractivity contribution is 0.103. The Morgan fingerprint density at radius 2 is 2.26 bits per heavy atom. The van der Waals surface area contributed by atoms with Crippen molar-refractivity contribution < 1.29 is 5.11 Å². The van der Waals surface area contributed by atoms with Crippen molar-refractivity contribution in [3.05, 3.63) is 28.7 Å². The zero-order chi connectivity index (χ0) is 13.4. The van der Waals surface area contributed by atoms with Crippen molar-refractivity contribution in [1.29, 1.82) is 0 Å². The van der Waals surface area contributed by atoms with E-state index in [2.05, 4.69) is 16.8 Å². The van der Waals surface area contributed by atoms with E-state index in [9.17, 15) is 9.90 Å². The molecule has 2 N–H and O–H groups in total. The summed E-state index contributed by atoms with van der Waals surface area (Å²) in [5, 5.41) is 9.50. The predicted octanol–water partition coefficient (Wildman–Crippen LogP) is 2.04. The molecule has 1 aromatic carbocycles. The number of benzene rings is 1. The summed E-state index contributed by atoms with van der Waals surface area (Å²) in [7, 11) is 0. The summed E-state index contributed by atoms with van der Waals surface area (Å²) < 4.78 is 1.83. The molecule has 1 atom stereocenters. The number of fused-ring (bicyclic) bond motifs is 1. The van der Waals surface area contributed by atoms with Crippen molar-refractivity contribution in [1.82, 2.24) is 14.5 Å². The molecule has 1 aliphatic heterocycles. The molecule has 1 aromatic heterocycles. The molecule has 0 bridgehead atoms. The summed E-state index contributed by atoms with van der Waals surface area (Å²) in [6, 6.07) is 5.04. The fourth-order valence-corrected chi connectivity index (χ4v) is 3.05. The highest BCUT2D eigenvalue weighted by Crippen LogP contribution is 2.28. The first-order valence-corrected chi connectivity index (χ1v) is 6.88. The second kappa shape index (κ2) is 4.74. The van der Waals surface area contributed by atoms with Crippen molar-refractivity contribution in [2.45, 2.75) is 32.4 Å². The molecule has 1 aliphatic rings. The Labute approximate surface area is 111 Å². The molecule has 102 valence electrons. The average molecular weight is 261 g/mol. The molecule has 2 heterocycles. The Kier molecular flexibility index (Phi) is 3.06. The van der Waals surface area contributed by atoms with Crippen LogP contribution in [-0.4, -0.2) is 32.6 Å². The van der Waals surface area contributed by atoms with Gasteiger partial charge >= 0.3 is 5.69 Å². The van der Waals surface area contributed by atoms with Crippen LogP contribution in [0.4, 0.5) is 0 Å². The topological polar surface area (TPSA) is 61.3 Å². The van der Waals surface area contributed by atoms with Crippen LogP contribution in [-0.2, 0) is 0 Å². The first kappa shape index (κ1) is 12.3. The minimum absolute atomic E-state index is 0.0917. The first-order chi connectivity index (χ1) is 9.20. The van der Waals surface area contributed by atoms with E-state index in [4.69, 9.17) is 0 Å². The molecule has 0 spiro atoms. The number of nitrogens with zero attached hydrogens (tertiary/aromatic N) is 2. The summed E-state index contributed by atoms with van der Waals surface area (Å²) in [5.74, 6) is 0.178. The van der Waals surface area contributed by atoms with Gasteiger partial charge in [0.25, 0.3) is 0 Å². The van der Waals surface area contributed by atoms with Gasteiger partial charge in [-0.25, -0.2) is 4.79 Å². The van der Waals surface area contributed by atoms with Gasteiger partial charge in [-0.05, 0) is 37.9 Å². The molecule has 5 heteroatoms. The predicted molar refractivity (Wildman–Crippen MR) is 74.4 cm³/mol. The van der Waals surface area contributed by atoms with E-state index in [1.165, 1.54) is 6.42 Å². The highest BCUT2D eigenvalue weighted by atomic mass is 16.3. The number of likely N-dealkylation sites (tertiary alicyclic amines) is 1. The van der Waals surface area contributed by atoms with Gasteiger partial charge in [0.15, 0.2) is 0 Å². The third-order valence-electron chi connectivity index (χ3n) is 3.98. The van der Waals surface area contributed by atoms with Crippen LogP contribution in [0.5, 0.6) is 5.75 Å². The Bertz CT molecular complexity index is 644. The number of aromatic nitrogens is 2. The van der Waals surface area contributed by atoms with Crippen molar-refractivity contribution in [3.8, 4) is 5.75 Å². The van der Waals surface area contributed by atoms with Crippen LogP contribution in [0, 0.1) is 0 Å². The number of hydrogen-bond donors (Lipinski definition) is 2. The van der Waals surface area contributed by atoms with Gasteiger partial charge in [-0.2, -0.15) is 0 Å². The quantitative estimate of drug-likeness (QED) is 0.869. The number of aromatic hydroxyl groups is 1. The molecule has 0 amide bonds. The van der Waals surface area contributed by atoms with Gasteiger partial charge in [-0.3, -0.25) is 9.47 Å². The molecular weight excluding hydrogens is 242 g/mol. The summed E-state index contributed by atoms with van der Waals surface area (Å²) in [4.78, 5) is 17.4. The van der Waals surface area contributed by atoms with Crippen molar-refractivity contribution >= 4 is 11.0 Å². The molecule has 0 radical (unpaired) electrons. The van der Waals surface area contributed by atoms with E-state index in [-0.39, 0.29) is 17.6 Å². The average Bonchev–Trinajstić information content (AvgIpc) is 2.73. The standard InChI is InChI=1S/C14H19N3O2/c1-2-16-8-4-3-5-13(16)17-12-7-6-10(18)9-11(12)15-14(17)19/h6-7,9,13,18H,2-5,8H2,1H3,(H,15,19). The van der Waals surface area contributed by atoms with Gasteiger partial charge in [0, 0.05) is 12.6 Å². The molecule has 0 aliphatic carbocycles. The zero-order valence-corrected chi connectivity index (χ0v) is 11.1. The minimum Gasteiger partial charge on any atom is -0.508 e. The Morgan fingerprint density at radius 3 is 3.05 bits per heavy atom. The smallest absolute Gasteiger partial charge is 0.327 e. The number of piperidine rings is 1.